The fourth-order valence-electron chi connectivity index (χ4n) is 3.20. The van der Waals surface area contributed by atoms with Gasteiger partial charge in [-0.3, -0.25) is 20.1 Å². The van der Waals surface area contributed by atoms with E-state index in [1.54, 1.807) is 30.7 Å². The van der Waals surface area contributed by atoms with Crippen LogP contribution >= 0.6 is 0 Å². The monoisotopic (exact) mass is 376 g/mol. The van der Waals surface area contributed by atoms with E-state index in [2.05, 4.69) is 15.3 Å². The summed E-state index contributed by atoms with van der Waals surface area (Å²) in [4.78, 5) is 20.3. The summed E-state index contributed by atoms with van der Waals surface area (Å²) >= 11 is 0. The average molecular weight is 376 g/mol. The third-order valence-corrected chi connectivity index (χ3v) is 4.66. The molecule has 142 valence electrons. The lowest BCUT2D eigenvalue weighted by Gasteiger charge is -2.18. The molecule has 7 heteroatoms. The van der Waals surface area contributed by atoms with Crippen molar-refractivity contribution in [2.24, 2.45) is 5.73 Å². The number of carbonyl (C=O) groups excluding carboxylic acids is 1. The topological polar surface area (TPSA) is 99.4 Å². The van der Waals surface area contributed by atoms with Gasteiger partial charge in [0.05, 0.1) is 0 Å². The van der Waals surface area contributed by atoms with Crippen molar-refractivity contribution >= 4 is 5.91 Å². The Kier molecular flexibility index (Phi) is 5.16. The maximum Gasteiger partial charge on any atom is 0.239 e. The van der Waals surface area contributed by atoms with Gasteiger partial charge in [-0.2, -0.15) is 0 Å². The molecule has 1 unspecified atom stereocenters. The minimum atomic E-state index is -0.642. The molecule has 0 aliphatic carbocycles. The molecular weight excluding hydrogens is 356 g/mol. The number of hydrogen-bond acceptors (Lipinski definition) is 6. The van der Waals surface area contributed by atoms with Crippen LogP contribution in [0.25, 0.3) is 0 Å². The van der Waals surface area contributed by atoms with E-state index >= 15 is 0 Å². The molecule has 2 aromatic heterocycles. The van der Waals surface area contributed by atoms with Crippen molar-refractivity contribution < 1.29 is 14.3 Å². The average Bonchev–Trinajstić information content (AvgIpc) is 3.18. The molecule has 4 rings (SSSR count). The van der Waals surface area contributed by atoms with Gasteiger partial charge in [-0.15, -0.1) is 0 Å². The molecule has 1 amide bonds. The number of aromatic nitrogens is 2. The number of nitrogens with zero attached hydrogens (tertiary/aromatic N) is 2. The zero-order chi connectivity index (χ0) is 19.3. The molecule has 3 N–H and O–H groups in total. The van der Waals surface area contributed by atoms with E-state index in [1.807, 2.05) is 30.5 Å². The lowest BCUT2D eigenvalue weighted by molar-refractivity contribution is -0.120. The van der Waals surface area contributed by atoms with E-state index < -0.39 is 11.9 Å². The number of amides is 1. The van der Waals surface area contributed by atoms with Crippen LogP contribution in [0.4, 0.5) is 0 Å². The van der Waals surface area contributed by atoms with Gasteiger partial charge in [-0.1, -0.05) is 6.07 Å². The lowest BCUT2D eigenvalue weighted by Crippen LogP contribution is -2.33. The molecular formula is C21H20N4O3. The summed E-state index contributed by atoms with van der Waals surface area (Å²) < 4.78 is 10.7. The van der Waals surface area contributed by atoms with Gasteiger partial charge < -0.3 is 15.2 Å². The van der Waals surface area contributed by atoms with Gasteiger partial charge in [-0.05, 0) is 59.0 Å². The predicted octanol–water partition coefficient (Wildman–Crippen LogP) is 2.11. The van der Waals surface area contributed by atoms with Crippen molar-refractivity contribution in [3.05, 3.63) is 83.4 Å². The van der Waals surface area contributed by atoms with E-state index in [4.69, 9.17) is 15.2 Å². The van der Waals surface area contributed by atoms with Crippen molar-refractivity contribution in [1.29, 1.82) is 0 Å². The van der Waals surface area contributed by atoms with E-state index in [0.717, 1.165) is 28.7 Å². The standard InChI is InChI=1S/C21H20N4O3/c22-21(26)20(15-1-2-18-19(10-15)28-13-27-18)25-12-16-5-8-24-11-17(16)9-14-3-6-23-7-4-14/h1-8,10-11,20,25H,9,12-13H2,(H2,22,26). The third kappa shape index (κ3) is 3.94. The van der Waals surface area contributed by atoms with Crippen LogP contribution in [0.3, 0.4) is 0 Å². The molecule has 3 aromatic rings. The number of benzene rings is 1. The smallest absolute Gasteiger partial charge is 0.239 e. The van der Waals surface area contributed by atoms with Crippen molar-refractivity contribution in [3.8, 4) is 11.5 Å². The number of rotatable bonds is 7. The zero-order valence-corrected chi connectivity index (χ0v) is 15.2. The zero-order valence-electron chi connectivity index (χ0n) is 15.2. The Balaban J connectivity index is 1.51. The molecule has 0 saturated carbocycles. The Bertz CT molecular complexity index is 978. The molecule has 1 aliphatic rings. The van der Waals surface area contributed by atoms with Crippen LogP contribution in [0, 0.1) is 0 Å². The first-order chi connectivity index (χ1) is 13.7. The second-order valence-electron chi connectivity index (χ2n) is 6.51. The molecule has 1 aromatic carbocycles. The summed E-state index contributed by atoms with van der Waals surface area (Å²) in [6, 6.07) is 10.6. The first-order valence-corrected chi connectivity index (χ1v) is 8.93. The quantitative estimate of drug-likeness (QED) is 0.655. The Hall–Kier alpha value is -3.45. The number of ether oxygens (including phenoxy) is 2. The fourth-order valence-corrected chi connectivity index (χ4v) is 3.20. The number of pyridine rings is 2. The molecule has 0 spiro atoms. The number of nitrogens with one attached hydrogen (secondary N) is 1. The van der Waals surface area contributed by atoms with Gasteiger partial charge in [0.1, 0.15) is 6.04 Å². The molecule has 1 atom stereocenters. The summed E-state index contributed by atoms with van der Waals surface area (Å²) in [7, 11) is 0. The highest BCUT2D eigenvalue weighted by atomic mass is 16.7. The Morgan fingerprint density at radius 1 is 1.04 bits per heavy atom. The molecule has 0 saturated heterocycles. The van der Waals surface area contributed by atoms with Crippen molar-refractivity contribution in [2.75, 3.05) is 6.79 Å². The predicted molar refractivity (Wildman–Crippen MR) is 103 cm³/mol. The molecule has 3 heterocycles. The summed E-state index contributed by atoms with van der Waals surface area (Å²) in [5, 5.41) is 3.26. The maximum atomic E-state index is 12.1. The van der Waals surface area contributed by atoms with E-state index in [9.17, 15) is 4.79 Å². The normalized spacial score (nSPS) is 13.3. The number of primary amides is 1. The highest BCUT2D eigenvalue weighted by Crippen LogP contribution is 2.34. The van der Waals surface area contributed by atoms with E-state index in [0.29, 0.717) is 18.0 Å². The van der Waals surface area contributed by atoms with E-state index in [1.165, 1.54) is 0 Å². The minimum Gasteiger partial charge on any atom is -0.454 e. The molecule has 1 aliphatic heterocycles. The van der Waals surface area contributed by atoms with Crippen LogP contribution < -0.4 is 20.5 Å². The number of nitrogens with two attached hydrogens (primary N) is 1. The summed E-state index contributed by atoms with van der Waals surface area (Å²) in [5.74, 6) is 0.831. The van der Waals surface area contributed by atoms with Crippen LogP contribution in [-0.4, -0.2) is 22.7 Å². The van der Waals surface area contributed by atoms with Crippen molar-refractivity contribution in [2.45, 2.75) is 19.0 Å². The molecule has 0 fully saturated rings. The number of hydrogen-bond donors (Lipinski definition) is 2. The SMILES string of the molecule is NC(=O)C(NCc1ccncc1Cc1ccncc1)c1ccc2c(c1)OCO2. The maximum absolute atomic E-state index is 12.1. The van der Waals surface area contributed by atoms with Gasteiger partial charge in [0, 0.05) is 31.3 Å². The van der Waals surface area contributed by atoms with Gasteiger partial charge >= 0.3 is 0 Å². The summed E-state index contributed by atoms with van der Waals surface area (Å²) in [5.41, 5.74) is 9.66. The van der Waals surface area contributed by atoms with Crippen LogP contribution in [0.5, 0.6) is 11.5 Å². The minimum absolute atomic E-state index is 0.183. The molecule has 0 bridgehead atoms. The van der Waals surface area contributed by atoms with Gasteiger partial charge in [0.2, 0.25) is 12.7 Å². The van der Waals surface area contributed by atoms with Crippen molar-refractivity contribution in [3.63, 3.8) is 0 Å². The van der Waals surface area contributed by atoms with Gasteiger partial charge in [-0.25, -0.2) is 0 Å². The fraction of sp³-hybridized carbons (Fsp3) is 0.190. The van der Waals surface area contributed by atoms with Crippen molar-refractivity contribution in [1.82, 2.24) is 15.3 Å². The first kappa shape index (κ1) is 17.9. The third-order valence-electron chi connectivity index (χ3n) is 4.66. The highest BCUT2D eigenvalue weighted by Gasteiger charge is 2.21. The number of carbonyl (C=O) groups is 1. The Morgan fingerprint density at radius 3 is 2.64 bits per heavy atom. The van der Waals surface area contributed by atoms with Crippen LogP contribution in [0.1, 0.15) is 28.3 Å². The van der Waals surface area contributed by atoms with E-state index in [-0.39, 0.29) is 6.79 Å². The van der Waals surface area contributed by atoms with Crippen LogP contribution in [0.15, 0.2) is 61.2 Å². The number of fused-ring (bicyclic) bond motifs is 1. The van der Waals surface area contributed by atoms with Crippen LogP contribution in [-0.2, 0) is 17.8 Å². The highest BCUT2D eigenvalue weighted by molar-refractivity contribution is 5.81. The summed E-state index contributed by atoms with van der Waals surface area (Å²) in [6.45, 7) is 0.661. The molecule has 0 radical (unpaired) electrons. The largest absolute Gasteiger partial charge is 0.454 e. The Morgan fingerprint density at radius 2 is 1.82 bits per heavy atom. The summed E-state index contributed by atoms with van der Waals surface area (Å²) in [6.07, 6.45) is 7.86. The van der Waals surface area contributed by atoms with Gasteiger partial charge in [0.25, 0.3) is 0 Å². The second-order valence-corrected chi connectivity index (χ2v) is 6.51. The van der Waals surface area contributed by atoms with Gasteiger partial charge in [0.15, 0.2) is 11.5 Å². The molecule has 28 heavy (non-hydrogen) atoms. The van der Waals surface area contributed by atoms with Crippen LogP contribution in [0.2, 0.25) is 0 Å². The lowest BCUT2D eigenvalue weighted by atomic mass is 10.0. The Labute approximate surface area is 162 Å². The molecule has 7 nitrogen and oxygen atoms in total. The first-order valence-electron chi connectivity index (χ1n) is 8.93. The second kappa shape index (κ2) is 8.06.